The molecule has 0 unspecified atom stereocenters. The van der Waals surface area contributed by atoms with Crippen LogP contribution in [0.1, 0.15) is 29.3 Å². The van der Waals surface area contributed by atoms with Crippen molar-refractivity contribution < 1.29 is 4.79 Å². The summed E-state index contributed by atoms with van der Waals surface area (Å²) < 4.78 is 0.552. The van der Waals surface area contributed by atoms with Gasteiger partial charge in [0.15, 0.2) is 5.16 Å². The number of aryl methyl sites for hydroxylation is 1. The van der Waals surface area contributed by atoms with Crippen molar-refractivity contribution in [2.75, 3.05) is 11.1 Å². The lowest BCUT2D eigenvalue weighted by molar-refractivity contribution is 0.102. The second kappa shape index (κ2) is 7.09. The van der Waals surface area contributed by atoms with Gasteiger partial charge in [-0.15, -0.1) is 10.2 Å². The molecule has 0 aromatic carbocycles. The first-order chi connectivity index (χ1) is 9.63. The molecule has 2 aromatic heterocycles. The summed E-state index contributed by atoms with van der Waals surface area (Å²) in [6.45, 7) is 3.99. The zero-order chi connectivity index (χ0) is 14.5. The third-order valence-electron chi connectivity index (χ3n) is 2.20. The first kappa shape index (κ1) is 15.3. The van der Waals surface area contributed by atoms with Gasteiger partial charge in [0.05, 0.1) is 4.47 Å². The number of nitrogens with one attached hydrogen (secondary N) is 1. The Bertz CT molecular complexity index is 619. The van der Waals surface area contributed by atoms with Crippen molar-refractivity contribution >= 4 is 50.1 Å². The Morgan fingerprint density at radius 2 is 2.25 bits per heavy atom. The van der Waals surface area contributed by atoms with Gasteiger partial charge < -0.3 is 0 Å². The molecule has 0 radical (unpaired) electrons. The van der Waals surface area contributed by atoms with Gasteiger partial charge in [0.1, 0.15) is 10.7 Å². The molecule has 0 aliphatic carbocycles. The molecule has 2 heterocycles. The molecule has 0 fully saturated rings. The molecule has 0 saturated carbocycles. The Balaban J connectivity index is 2.17. The highest BCUT2D eigenvalue weighted by Crippen LogP contribution is 2.21. The van der Waals surface area contributed by atoms with Crippen LogP contribution in [-0.4, -0.2) is 31.8 Å². The topological polar surface area (TPSA) is 80.7 Å². The fraction of sp³-hybridized carbons (Fsp3) is 0.364. The number of hydrogen-bond acceptors (Lipinski definition) is 7. The minimum Gasteiger partial charge on any atom is -0.295 e. The monoisotopic (exact) mass is 373 g/mol. The zero-order valence-corrected chi connectivity index (χ0v) is 14.1. The maximum atomic E-state index is 12.2. The van der Waals surface area contributed by atoms with Crippen LogP contribution in [0.5, 0.6) is 0 Å². The summed E-state index contributed by atoms with van der Waals surface area (Å²) in [5, 5.41) is 12.5. The van der Waals surface area contributed by atoms with E-state index in [0.29, 0.717) is 20.5 Å². The second-order valence-electron chi connectivity index (χ2n) is 3.59. The summed E-state index contributed by atoms with van der Waals surface area (Å²) in [5.74, 6) is 0.523. The minimum absolute atomic E-state index is 0.296. The number of aromatic nitrogens is 4. The molecule has 0 saturated heterocycles. The van der Waals surface area contributed by atoms with Crippen LogP contribution < -0.4 is 5.32 Å². The third-order valence-corrected chi connectivity index (χ3v) is 4.51. The average Bonchev–Trinajstić information content (AvgIpc) is 2.88. The van der Waals surface area contributed by atoms with E-state index < -0.39 is 0 Å². The van der Waals surface area contributed by atoms with E-state index in [4.69, 9.17) is 0 Å². The Labute approximate surface area is 133 Å². The maximum absolute atomic E-state index is 12.2. The number of carbonyl (C=O) groups is 1. The summed E-state index contributed by atoms with van der Waals surface area (Å²) in [5.41, 5.74) is 0.296. The number of nitrogens with zero attached hydrogens (tertiary/aromatic N) is 4. The Kier molecular flexibility index (Phi) is 5.44. The summed E-state index contributed by atoms with van der Waals surface area (Å²) >= 11 is 6.13. The molecule has 0 spiro atoms. The van der Waals surface area contributed by atoms with Crippen LogP contribution in [-0.2, 0) is 6.42 Å². The molecule has 9 heteroatoms. The van der Waals surface area contributed by atoms with E-state index in [0.717, 1.165) is 17.2 Å². The van der Waals surface area contributed by atoms with Crippen LogP contribution >= 0.6 is 39.0 Å². The summed E-state index contributed by atoms with van der Waals surface area (Å²) in [7, 11) is 0. The zero-order valence-electron chi connectivity index (χ0n) is 10.9. The normalized spacial score (nSPS) is 10.6. The Morgan fingerprint density at radius 3 is 2.90 bits per heavy atom. The van der Waals surface area contributed by atoms with Crippen molar-refractivity contribution in [3.63, 3.8) is 0 Å². The highest BCUT2D eigenvalue weighted by molar-refractivity contribution is 9.10. The molecular formula is C11H12BrN5OS2. The summed E-state index contributed by atoms with van der Waals surface area (Å²) in [6.07, 6.45) is 2.37. The van der Waals surface area contributed by atoms with E-state index in [9.17, 15) is 4.79 Å². The minimum atomic E-state index is -0.323. The van der Waals surface area contributed by atoms with Crippen LogP contribution in [0, 0.1) is 0 Å². The van der Waals surface area contributed by atoms with Gasteiger partial charge >= 0.3 is 0 Å². The molecule has 6 nitrogen and oxygen atoms in total. The molecule has 1 amide bonds. The van der Waals surface area contributed by atoms with Crippen molar-refractivity contribution in [1.82, 2.24) is 20.2 Å². The molecule has 1 N–H and O–H groups in total. The molecule has 0 aliphatic rings. The lowest BCUT2D eigenvalue weighted by atomic mass is 10.4. The van der Waals surface area contributed by atoms with Crippen molar-refractivity contribution in [3.8, 4) is 0 Å². The van der Waals surface area contributed by atoms with Gasteiger partial charge in [0.2, 0.25) is 5.13 Å². The lowest BCUT2D eigenvalue weighted by Crippen LogP contribution is -2.15. The van der Waals surface area contributed by atoms with Crippen LogP contribution in [0.3, 0.4) is 0 Å². The molecule has 0 aliphatic heterocycles. The van der Waals surface area contributed by atoms with Gasteiger partial charge in [0, 0.05) is 6.20 Å². The van der Waals surface area contributed by atoms with E-state index >= 15 is 0 Å². The Morgan fingerprint density at radius 1 is 1.45 bits per heavy atom. The van der Waals surface area contributed by atoms with Crippen molar-refractivity contribution in [3.05, 3.63) is 21.4 Å². The van der Waals surface area contributed by atoms with Crippen LogP contribution in [0.4, 0.5) is 5.13 Å². The fourth-order valence-corrected chi connectivity index (χ4v) is 2.90. The van der Waals surface area contributed by atoms with Gasteiger partial charge in [-0.3, -0.25) is 10.1 Å². The van der Waals surface area contributed by atoms with E-state index in [1.54, 1.807) is 6.20 Å². The molecule has 0 atom stereocenters. The highest BCUT2D eigenvalue weighted by atomic mass is 79.9. The van der Waals surface area contributed by atoms with Gasteiger partial charge in [-0.2, -0.15) is 0 Å². The van der Waals surface area contributed by atoms with E-state index in [1.165, 1.54) is 23.1 Å². The quantitative estimate of drug-likeness (QED) is 0.640. The van der Waals surface area contributed by atoms with Crippen LogP contribution in [0.15, 0.2) is 15.8 Å². The van der Waals surface area contributed by atoms with Crippen LogP contribution in [0.2, 0.25) is 0 Å². The molecule has 0 bridgehead atoms. The fourth-order valence-electron chi connectivity index (χ4n) is 1.31. The van der Waals surface area contributed by atoms with E-state index in [-0.39, 0.29) is 5.91 Å². The van der Waals surface area contributed by atoms with E-state index in [1.807, 2.05) is 13.8 Å². The SMILES string of the molecule is CCSc1ncc(Br)c(C(=O)Nc2nnc(CC)s2)n1. The van der Waals surface area contributed by atoms with Gasteiger partial charge in [-0.25, -0.2) is 9.97 Å². The molecule has 2 rings (SSSR count). The highest BCUT2D eigenvalue weighted by Gasteiger charge is 2.16. The van der Waals surface area contributed by atoms with Crippen molar-refractivity contribution in [1.29, 1.82) is 0 Å². The van der Waals surface area contributed by atoms with E-state index in [2.05, 4.69) is 41.4 Å². The van der Waals surface area contributed by atoms with Gasteiger partial charge in [-0.1, -0.05) is 36.9 Å². The van der Waals surface area contributed by atoms with Crippen molar-refractivity contribution in [2.24, 2.45) is 0 Å². The van der Waals surface area contributed by atoms with Gasteiger partial charge in [0.25, 0.3) is 5.91 Å². The van der Waals surface area contributed by atoms with Crippen molar-refractivity contribution in [2.45, 2.75) is 25.4 Å². The standard InChI is InChI=1S/C11H12BrN5OS2/c1-3-7-16-17-11(20-7)15-9(18)8-6(12)5-13-10(14-8)19-4-2/h5H,3-4H2,1-2H3,(H,15,17,18). The Hall–Kier alpha value is -1.06. The molecule has 106 valence electrons. The molecule has 20 heavy (non-hydrogen) atoms. The smallest absolute Gasteiger partial charge is 0.277 e. The predicted octanol–water partition coefficient (Wildman–Crippen LogP) is 3.02. The number of halogens is 1. The number of hydrogen-bond donors (Lipinski definition) is 1. The summed E-state index contributed by atoms with van der Waals surface area (Å²) in [4.78, 5) is 20.6. The third kappa shape index (κ3) is 3.74. The van der Waals surface area contributed by atoms with Crippen LogP contribution in [0.25, 0.3) is 0 Å². The number of thioether (sulfide) groups is 1. The molecule has 2 aromatic rings. The largest absolute Gasteiger partial charge is 0.295 e. The number of anilines is 1. The number of carbonyl (C=O) groups excluding carboxylic acids is 1. The second-order valence-corrected chi connectivity index (χ2v) is 6.74. The maximum Gasteiger partial charge on any atom is 0.277 e. The predicted molar refractivity (Wildman–Crippen MR) is 83.4 cm³/mol. The first-order valence-corrected chi connectivity index (χ1v) is 8.52. The van der Waals surface area contributed by atoms with Gasteiger partial charge in [-0.05, 0) is 28.1 Å². The summed E-state index contributed by atoms with van der Waals surface area (Å²) in [6, 6.07) is 0. The number of amides is 1. The number of rotatable bonds is 5. The molecular weight excluding hydrogens is 362 g/mol. The lowest BCUT2D eigenvalue weighted by Gasteiger charge is -2.04. The first-order valence-electron chi connectivity index (χ1n) is 5.93. The average molecular weight is 374 g/mol.